The summed E-state index contributed by atoms with van der Waals surface area (Å²) in [7, 11) is 3.17. The molecule has 31 heavy (non-hydrogen) atoms. The molecule has 0 saturated carbocycles. The van der Waals surface area contributed by atoms with Crippen LogP contribution in [0.5, 0.6) is 11.5 Å². The van der Waals surface area contributed by atoms with Crippen molar-refractivity contribution in [2.45, 2.75) is 19.0 Å². The molecular weight excluding hydrogens is 398 g/mol. The molecule has 1 aliphatic rings. The number of rotatable bonds is 5. The molecule has 2 aromatic carbocycles. The van der Waals surface area contributed by atoms with E-state index < -0.39 is 11.0 Å². The van der Waals surface area contributed by atoms with Gasteiger partial charge < -0.3 is 18.9 Å². The predicted octanol–water partition coefficient (Wildman–Crippen LogP) is 4.05. The summed E-state index contributed by atoms with van der Waals surface area (Å²) >= 11 is 0. The number of amides is 1. The van der Waals surface area contributed by atoms with Gasteiger partial charge in [0.2, 0.25) is 0 Å². The topological polar surface area (TPSA) is 86.8 Å². The van der Waals surface area contributed by atoms with Gasteiger partial charge in [-0.3, -0.25) is 14.9 Å². The molecule has 0 radical (unpaired) electrons. The zero-order valence-corrected chi connectivity index (χ0v) is 17.4. The number of aromatic nitrogens is 1. The van der Waals surface area contributed by atoms with Crippen LogP contribution in [-0.2, 0) is 6.54 Å². The number of aryl methyl sites for hydroxylation is 1. The number of nitrogens with zero attached hydrogens (tertiary/aromatic N) is 3. The fraction of sp³-hybridized carbons (Fsp3) is 0.261. The highest BCUT2D eigenvalue weighted by molar-refractivity contribution is 5.95. The van der Waals surface area contributed by atoms with Crippen LogP contribution in [0.3, 0.4) is 0 Å². The Morgan fingerprint density at radius 1 is 1.03 bits per heavy atom. The summed E-state index contributed by atoms with van der Waals surface area (Å²) in [4.78, 5) is 26.1. The molecule has 1 amide bonds. The second kappa shape index (κ2) is 8.51. The molecule has 4 rings (SSSR count). The molecule has 1 atom stereocenters. The number of hydrogen-bond acceptors (Lipinski definition) is 5. The van der Waals surface area contributed by atoms with E-state index in [2.05, 4.69) is 4.57 Å². The number of ether oxygens (including phenoxy) is 2. The fourth-order valence-electron chi connectivity index (χ4n) is 4.05. The Labute approximate surface area is 179 Å². The lowest BCUT2D eigenvalue weighted by molar-refractivity contribution is -0.384. The standard InChI is InChI=1S/C23H23N3O5/c1-30-19-13-17(14-20(15-19)31-2)22-21-8-4-9-24(21)10-5-11-25(22)23(27)16-6-3-7-18(12-16)26(28)29/h3-4,6-9,12-15,22H,5,10-11H2,1-2H3. The van der Waals surface area contributed by atoms with Crippen LogP contribution in [0.25, 0.3) is 0 Å². The maximum Gasteiger partial charge on any atom is 0.270 e. The van der Waals surface area contributed by atoms with Gasteiger partial charge in [-0.2, -0.15) is 0 Å². The van der Waals surface area contributed by atoms with E-state index in [1.54, 1.807) is 31.3 Å². The van der Waals surface area contributed by atoms with Gasteiger partial charge in [-0.15, -0.1) is 0 Å². The third-order valence-electron chi connectivity index (χ3n) is 5.51. The van der Waals surface area contributed by atoms with Crippen LogP contribution in [0.15, 0.2) is 60.8 Å². The first-order valence-electron chi connectivity index (χ1n) is 9.95. The second-order valence-corrected chi connectivity index (χ2v) is 7.33. The lowest BCUT2D eigenvalue weighted by Crippen LogP contribution is -2.35. The predicted molar refractivity (Wildman–Crippen MR) is 115 cm³/mol. The van der Waals surface area contributed by atoms with Crippen molar-refractivity contribution in [1.82, 2.24) is 9.47 Å². The average Bonchev–Trinajstić information content (AvgIpc) is 3.17. The maximum atomic E-state index is 13.6. The molecule has 1 unspecified atom stereocenters. The summed E-state index contributed by atoms with van der Waals surface area (Å²) in [5.41, 5.74) is 1.99. The Morgan fingerprint density at radius 3 is 2.45 bits per heavy atom. The van der Waals surface area contributed by atoms with Crippen molar-refractivity contribution >= 4 is 11.6 Å². The average molecular weight is 421 g/mol. The van der Waals surface area contributed by atoms with Crippen molar-refractivity contribution in [2.24, 2.45) is 0 Å². The molecule has 0 aliphatic carbocycles. The maximum absolute atomic E-state index is 13.6. The van der Waals surface area contributed by atoms with Crippen LogP contribution in [0.4, 0.5) is 5.69 Å². The van der Waals surface area contributed by atoms with E-state index in [-0.39, 0.29) is 17.2 Å². The number of fused-ring (bicyclic) bond motifs is 1. The van der Waals surface area contributed by atoms with E-state index in [1.807, 2.05) is 30.5 Å². The molecule has 0 spiro atoms. The van der Waals surface area contributed by atoms with E-state index in [1.165, 1.54) is 18.2 Å². The third kappa shape index (κ3) is 3.96. The summed E-state index contributed by atoms with van der Waals surface area (Å²) in [6.45, 7) is 1.28. The number of hydrogen-bond donors (Lipinski definition) is 0. The molecule has 8 nitrogen and oxygen atoms in total. The van der Waals surface area contributed by atoms with Crippen molar-refractivity contribution in [3.63, 3.8) is 0 Å². The van der Waals surface area contributed by atoms with Crippen LogP contribution in [0, 0.1) is 10.1 Å². The van der Waals surface area contributed by atoms with Gasteiger partial charge >= 0.3 is 0 Å². The monoisotopic (exact) mass is 421 g/mol. The SMILES string of the molecule is COc1cc(OC)cc(C2c3cccn3CCCN2C(=O)c2cccc([N+](=O)[O-])c2)c1. The smallest absolute Gasteiger partial charge is 0.270 e. The molecule has 0 fully saturated rings. The molecule has 3 aromatic rings. The van der Waals surface area contributed by atoms with Crippen LogP contribution in [0.1, 0.15) is 34.1 Å². The van der Waals surface area contributed by atoms with Crippen molar-refractivity contribution in [1.29, 1.82) is 0 Å². The number of carbonyl (C=O) groups excluding carboxylic acids is 1. The number of non-ortho nitro benzene ring substituents is 1. The minimum atomic E-state index is -0.491. The first-order valence-corrected chi connectivity index (χ1v) is 9.95. The van der Waals surface area contributed by atoms with Gasteiger partial charge in [0.1, 0.15) is 11.5 Å². The van der Waals surface area contributed by atoms with Gasteiger partial charge in [-0.25, -0.2) is 0 Å². The van der Waals surface area contributed by atoms with Crippen LogP contribution in [-0.4, -0.2) is 41.1 Å². The fourth-order valence-corrected chi connectivity index (χ4v) is 4.05. The van der Waals surface area contributed by atoms with Crippen LogP contribution in [0.2, 0.25) is 0 Å². The molecule has 1 aliphatic heterocycles. The highest BCUT2D eigenvalue weighted by atomic mass is 16.6. The molecule has 8 heteroatoms. The van der Waals surface area contributed by atoms with Crippen molar-refractivity contribution in [3.8, 4) is 11.5 Å². The quantitative estimate of drug-likeness (QED) is 0.458. The minimum absolute atomic E-state index is 0.108. The highest BCUT2D eigenvalue weighted by Crippen LogP contribution is 2.37. The minimum Gasteiger partial charge on any atom is -0.497 e. The van der Waals surface area contributed by atoms with Gasteiger partial charge in [0, 0.05) is 48.7 Å². The molecule has 1 aromatic heterocycles. The largest absolute Gasteiger partial charge is 0.497 e. The normalized spacial score (nSPS) is 15.7. The van der Waals surface area contributed by atoms with E-state index in [9.17, 15) is 14.9 Å². The summed E-state index contributed by atoms with van der Waals surface area (Å²) in [5.74, 6) is 0.990. The van der Waals surface area contributed by atoms with E-state index in [0.717, 1.165) is 24.2 Å². The highest BCUT2D eigenvalue weighted by Gasteiger charge is 2.32. The second-order valence-electron chi connectivity index (χ2n) is 7.33. The molecule has 0 N–H and O–H groups in total. The number of benzene rings is 2. The van der Waals surface area contributed by atoms with Crippen molar-refractivity contribution < 1.29 is 19.2 Å². The first kappa shape index (κ1) is 20.5. The molecule has 2 heterocycles. The number of methoxy groups -OCH3 is 2. The van der Waals surface area contributed by atoms with Crippen LogP contribution < -0.4 is 9.47 Å². The Bertz CT molecular complexity index is 1100. The molecule has 0 bridgehead atoms. The number of carbonyl (C=O) groups is 1. The van der Waals surface area contributed by atoms with E-state index in [4.69, 9.17) is 9.47 Å². The Balaban J connectivity index is 1.84. The Morgan fingerprint density at radius 2 is 1.77 bits per heavy atom. The summed E-state index contributed by atoms with van der Waals surface area (Å²) in [5, 5.41) is 11.2. The van der Waals surface area contributed by atoms with Gasteiger partial charge in [0.15, 0.2) is 0 Å². The van der Waals surface area contributed by atoms with Crippen molar-refractivity contribution in [3.05, 3.63) is 87.7 Å². The zero-order valence-electron chi connectivity index (χ0n) is 17.4. The first-order chi connectivity index (χ1) is 15.0. The number of nitro benzene ring substituents is 1. The van der Waals surface area contributed by atoms with E-state index in [0.29, 0.717) is 18.0 Å². The Kier molecular flexibility index (Phi) is 5.62. The third-order valence-corrected chi connectivity index (χ3v) is 5.51. The lowest BCUT2D eigenvalue weighted by atomic mass is 10.00. The molecule has 160 valence electrons. The summed E-state index contributed by atoms with van der Waals surface area (Å²) in [6, 6.07) is 15.0. The van der Waals surface area contributed by atoms with Gasteiger partial charge in [0.05, 0.1) is 25.2 Å². The lowest BCUT2D eigenvalue weighted by Gasteiger charge is -2.31. The summed E-state index contributed by atoms with van der Waals surface area (Å²) in [6.07, 6.45) is 2.76. The molecule has 0 saturated heterocycles. The van der Waals surface area contributed by atoms with Gasteiger partial charge in [0.25, 0.3) is 11.6 Å². The molecular formula is C23H23N3O5. The Hall–Kier alpha value is -3.81. The summed E-state index contributed by atoms with van der Waals surface area (Å²) < 4.78 is 13.0. The number of nitro groups is 1. The van der Waals surface area contributed by atoms with Crippen LogP contribution >= 0.6 is 0 Å². The van der Waals surface area contributed by atoms with Gasteiger partial charge in [-0.1, -0.05) is 6.07 Å². The van der Waals surface area contributed by atoms with E-state index >= 15 is 0 Å². The van der Waals surface area contributed by atoms with Crippen molar-refractivity contribution in [2.75, 3.05) is 20.8 Å². The zero-order chi connectivity index (χ0) is 22.0. The van der Waals surface area contributed by atoms with Gasteiger partial charge in [-0.05, 0) is 42.3 Å².